The molecule has 28 heavy (non-hydrogen) atoms. The third kappa shape index (κ3) is 4.17. The van der Waals surface area contributed by atoms with Gasteiger partial charge in [-0.25, -0.2) is 4.98 Å². The Morgan fingerprint density at radius 2 is 1.71 bits per heavy atom. The highest BCUT2D eigenvalue weighted by Crippen LogP contribution is 2.22. The molecule has 1 amide bonds. The van der Waals surface area contributed by atoms with Crippen molar-refractivity contribution in [2.45, 2.75) is 12.8 Å². The molecule has 2 aromatic carbocycles. The van der Waals surface area contributed by atoms with Gasteiger partial charge in [-0.15, -0.1) is 0 Å². The van der Waals surface area contributed by atoms with Crippen LogP contribution in [0.2, 0.25) is 0 Å². The summed E-state index contributed by atoms with van der Waals surface area (Å²) in [6, 6.07) is 17.0. The van der Waals surface area contributed by atoms with Crippen LogP contribution in [0.1, 0.15) is 12.3 Å². The average Bonchev–Trinajstić information content (AvgIpc) is 3.22. The van der Waals surface area contributed by atoms with Gasteiger partial charge in [0, 0.05) is 50.3 Å². The molecule has 4 rings (SSSR count). The van der Waals surface area contributed by atoms with Gasteiger partial charge >= 0.3 is 0 Å². The first-order valence-electron chi connectivity index (χ1n) is 9.51. The maximum atomic E-state index is 12.5. The highest BCUT2D eigenvalue weighted by Gasteiger charge is 2.21. The minimum Gasteiger partial charge on any atom is -0.508 e. The fourth-order valence-corrected chi connectivity index (χ4v) is 3.41. The van der Waals surface area contributed by atoms with Crippen LogP contribution in [0.3, 0.4) is 0 Å². The summed E-state index contributed by atoms with van der Waals surface area (Å²) in [6.45, 7) is 2.96. The zero-order valence-corrected chi connectivity index (χ0v) is 15.6. The second-order valence-corrected chi connectivity index (χ2v) is 6.87. The lowest BCUT2D eigenvalue weighted by Gasteiger charge is -2.36. The van der Waals surface area contributed by atoms with E-state index in [2.05, 4.69) is 9.88 Å². The number of aromatic nitrogens is 1. The molecule has 3 aromatic rings. The maximum Gasteiger partial charge on any atom is 0.223 e. The molecule has 0 saturated carbocycles. The van der Waals surface area contributed by atoms with Crippen LogP contribution in [0, 0.1) is 0 Å². The second kappa shape index (κ2) is 8.17. The van der Waals surface area contributed by atoms with Gasteiger partial charge in [-0.3, -0.25) is 4.79 Å². The van der Waals surface area contributed by atoms with E-state index in [9.17, 15) is 9.90 Å². The van der Waals surface area contributed by atoms with E-state index in [1.54, 1.807) is 18.3 Å². The number of rotatable bonds is 5. The SMILES string of the molecule is O=C(CCc1ncc(-c2ccccc2)o1)N1CCN(c2ccc(O)cc2)CC1. The minimum absolute atomic E-state index is 0.129. The smallest absolute Gasteiger partial charge is 0.223 e. The predicted octanol–water partition coefficient (Wildman–Crippen LogP) is 3.33. The number of piperazine rings is 1. The van der Waals surface area contributed by atoms with E-state index < -0.39 is 0 Å². The van der Waals surface area contributed by atoms with E-state index in [1.807, 2.05) is 47.4 Å². The summed E-state index contributed by atoms with van der Waals surface area (Å²) in [6.07, 6.45) is 2.61. The van der Waals surface area contributed by atoms with Crippen LogP contribution in [0.5, 0.6) is 5.75 Å². The number of nitrogens with zero attached hydrogens (tertiary/aromatic N) is 3. The van der Waals surface area contributed by atoms with Crippen molar-refractivity contribution in [2.75, 3.05) is 31.1 Å². The van der Waals surface area contributed by atoms with Crippen LogP contribution in [0.15, 0.2) is 65.2 Å². The number of phenols is 1. The number of carbonyl (C=O) groups excluding carboxylic acids is 1. The van der Waals surface area contributed by atoms with E-state index in [1.165, 1.54) is 0 Å². The van der Waals surface area contributed by atoms with Gasteiger partial charge in [0.05, 0.1) is 6.20 Å². The number of oxazole rings is 1. The summed E-state index contributed by atoms with van der Waals surface area (Å²) in [7, 11) is 0. The first-order chi connectivity index (χ1) is 13.7. The molecular formula is C22H23N3O3. The van der Waals surface area contributed by atoms with Crippen LogP contribution in [0.4, 0.5) is 5.69 Å². The molecule has 2 heterocycles. The Morgan fingerprint density at radius 3 is 2.43 bits per heavy atom. The van der Waals surface area contributed by atoms with Crippen LogP contribution in [-0.2, 0) is 11.2 Å². The highest BCUT2D eigenvalue weighted by molar-refractivity contribution is 5.76. The Labute approximate surface area is 164 Å². The van der Waals surface area contributed by atoms with Gasteiger partial charge in [0.25, 0.3) is 0 Å². The van der Waals surface area contributed by atoms with Gasteiger partial charge in [-0.05, 0) is 24.3 Å². The van der Waals surface area contributed by atoms with Gasteiger partial charge in [0.15, 0.2) is 11.7 Å². The fourth-order valence-electron chi connectivity index (χ4n) is 3.41. The van der Waals surface area contributed by atoms with Crippen molar-refractivity contribution in [3.63, 3.8) is 0 Å². The fraction of sp³-hybridized carbons (Fsp3) is 0.273. The molecule has 0 bridgehead atoms. The molecule has 1 aromatic heterocycles. The Bertz CT molecular complexity index is 914. The number of benzene rings is 2. The van der Waals surface area contributed by atoms with Crippen molar-refractivity contribution in [3.05, 3.63) is 66.7 Å². The van der Waals surface area contributed by atoms with Crippen LogP contribution in [-0.4, -0.2) is 47.1 Å². The van der Waals surface area contributed by atoms with Crippen molar-refractivity contribution in [1.82, 2.24) is 9.88 Å². The average molecular weight is 377 g/mol. The van der Waals surface area contributed by atoms with Gasteiger partial charge in [-0.1, -0.05) is 30.3 Å². The molecule has 1 aliphatic rings. The van der Waals surface area contributed by atoms with E-state index in [0.29, 0.717) is 31.8 Å². The number of hydrogen-bond acceptors (Lipinski definition) is 5. The van der Waals surface area contributed by atoms with E-state index in [-0.39, 0.29) is 11.7 Å². The molecule has 0 aliphatic carbocycles. The van der Waals surface area contributed by atoms with Crippen LogP contribution in [0.25, 0.3) is 11.3 Å². The number of aromatic hydroxyl groups is 1. The topological polar surface area (TPSA) is 69.8 Å². The standard InChI is InChI=1S/C22H23N3O3/c26-19-8-6-18(7-9-19)24-12-14-25(15-13-24)22(27)11-10-21-23-16-20(28-21)17-4-2-1-3-5-17/h1-9,16,26H,10-15H2. The lowest BCUT2D eigenvalue weighted by molar-refractivity contribution is -0.131. The molecule has 0 spiro atoms. The molecule has 0 radical (unpaired) electrons. The molecular weight excluding hydrogens is 354 g/mol. The molecule has 1 saturated heterocycles. The lowest BCUT2D eigenvalue weighted by Crippen LogP contribution is -2.48. The van der Waals surface area contributed by atoms with Gasteiger partial charge in [0.2, 0.25) is 5.91 Å². The van der Waals surface area contributed by atoms with Crippen molar-refractivity contribution in [1.29, 1.82) is 0 Å². The van der Waals surface area contributed by atoms with Gasteiger partial charge in [0.1, 0.15) is 5.75 Å². The minimum atomic E-state index is 0.129. The monoisotopic (exact) mass is 377 g/mol. The summed E-state index contributed by atoms with van der Waals surface area (Å²) in [5.41, 5.74) is 2.05. The normalized spacial score (nSPS) is 14.3. The van der Waals surface area contributed by atoms with E-state index in [4.69, 9.17) is 4.42 Å². The summed E-state index contributed by atoms with van der Waals surface area (Å²) in [4.78, 5) is 21.0. The number of aryl methyl sites for hydroxylation is 1. The quantitative estimate of drug-likeness (QED) is 0.739. The summed E-state index contributed by atoms with van der Waals surface area (Å²) >= 11 is 0. The van der Waals surface area contributed by atoms with E-state index in [0.717, 1.165) is 30.1 Å². The molecule has 0 atom stereocenters. The third-order valence-electron chi connectivity index (χ3n) is 5.01. The Kier molecular flexibility index (Phi) is 5.28. The molecule has 1 fully saturated rings. The highest BCUT2D eigenvalue weighted by atomic mass is 16.4. The number of phenolic OH excluding ortho intramolecular Hbond substituents is 1. The van der Waals surface area contributed by atoms with E-state index >= 15 is 0 Å². The molecule has 144 valence electrons. The van der Waals surface area contributed by atoms with Crippen molar-refractivity contribution >= 4 is 11.6 Å². The number of anilines is 1. The number of carbonyl (C=O) groups is 1. The first kappa shape index (κ1) is 18.1. The molecule has 6 heteroatoms. The van der Waals surface area contributed by atoms with Crippen molar-refractivity contribution in [3.8, 4) is 17.1 Å². The van der Waals surface area contributed by atoms with Crippen molar-refractivity contribution in [2.24, 2.45) is 0 Å². The summed E-state index contributed by atoms with van der Waals surface area (Å²) < 4.78 is 5.78. The zero-order valence-electron chi connectivity index (χ0n) is 15.6. The van der Waals surface area contributed by atoms with Crippen LogP contribution < -0.4 is 4.90 Å². The maximum absolute atomic E-state index is 12.5. The Morgan fingerprint density at radius 1 is 1.00 bits per heavy atom. The van der Waals surface area contributed by atoms with Crippen LogP contribution >= 0.6 is 0 Å². The molecule has 1 N–H and O–H groups in total. The zero-order chi connectivity index (χ0) is 19.3. The number of hydrogen-bond donors (Lipinski definition) is 1. The largest absolute Gasteiger partial charge is 0.508 e. The Balaban J connectivity index is 1.27. The summed E-state index contributed by atoms with van der Waals surface area (Å²) in [5.74, 6) is 1.71. The third-order valence-corrected chi connectivity index (χ3v) is 5.01. The molecule has 1 aliphatic heterocycles. The second-order valence-electron chi connectivity index (χ2n) is 6.87. The predicted molar refractivity (Wildman–Crippen MR) is 107 cm³/mol. The molecule has 6 nitrogen and oxygen atoms in total. The summed E-state index contributed by atoms with van der Waals surface area (Å²) in [5, 5.41) is 9.40. The lowest BCUT2D eigenvalue weighted by atomic mass is 10.2. The number of amides is 1. The Hall–Kier alpha value is -3.28. The van der Waals surface area contributed by atoms with Gasteiger partial charge < -0.3 is 19.3 Å². The molecule has 0 unspecified atom stereocenters. The first-order valence-corrected chi connectivity index (χ1v) is 9.51. The van der Waals surface area contributed by atoms with Gasteiger partial charge in [-0.2, -0.15) is 0 Å². The van der Waals surface area contributed by atoms with Crippen molar-refractivity contribution < 1.29 is 14.3 Å².